The van der Waals surface area contributed by atoms with Crippen LogP contribution in [-0.2, 0) is 28.5 Å². The number of aromatic nitrogens is 4. The van der Waals surface area contributed by atoms with E-state index < -0.39 is 55.7 Å². The van der Waals surface area contributed by atoms with Gasteiger partial charge < -0.3 is 14.5 Å². The fraction of sp³-hybridized carbons (Fsp3) is 0.125. The van der Waals surface area contributed by atoms with Gasteiger partial charge in [-0.1, -0.05) is 23.7 Å². The fourth-order valence-electron chi connectivity index (χ4n) is 3.58. The van der Waals surface area contributed by atoms with Gasteiger partial charge in [-0.25, -0.2) is 18.6 Å². The minimum atomic E-state index is -5.13. The van der Waals surface area contributed by atoms with Gasteiger partial charge >= 0.3 is 14.0 Å². The lowest BCUT2D eigenvalue weighted by Crippen LogP contribution is -2.30. The third-order valence-electron chi connectivity index (χ3n) is 5.35. The number of rotatable bonds is 8. The number of hydrogen-bond acceptors (Lipinski definition) is 8. The van der Waals surface area contributed by atoms with E-state index in [0.717, 1.165) is 30.3 Å². The number of ether oxygens (including phenoxy) is 1. The first-order valence-corrected chi connectivity index (χ1v) is 13.2. The standard InChI is InChI=1S/C24H15ClF4N5O7P/c25-15-5-13(9-30)6-18(7-15)41-20-21(24(27,28)29)31-11-33(23(20)36)10-17-8-19(14-1-3-16(26)4-2-14)22(35)34(32-17)12-40-42(37,38)39/h1-8,11H,10,12H2,(H2,37,38,39). The summed E-state index contributed by atoms with van der Waals surface area (Å²) in [5, 5.41) is 13.0. The Kier molecular flexibility index (Phi) is 8.62. The minimum absolute atomic E-state index is 0.0564. The first-order chi connectivity index (χ1) is 19.6. The zero-order valence-electron chi connectivity index (χ0n) is 20.6. The normalized spacial score (nSPS) is 11.8. The molecule has 2 aromatic heterocycles. The van der Waals surface area contributed by atoms with Crippen molar-refractivity contribution in [3.05, 3.63) is 103 Å². The Balaban J connectivity index is 1.83. The molecule has 42 heavy (non-hydrogen) atoms. The maximum absolute atomic E-state index is 13.7. The fourth-order valence-corrected chi connectivity index (χ4v) is 4.07. The monoisotopic (exact) mass is 627 g/mol. The van der Waals surface area contributed by atoms with Crippen molar-refractivity contribution in [3.63, 3.8) is 0 Å². The highest BCUT2D eigenvalue weighted by Crippen LogP contribution is 2.36. The Hall–Kier alpha value is -4.39. The maximum atomic E-state index is 13.7. The zero-order valence-corrected chi connectivity index (χ0v) is 22.3. The molecule has 0 amide bonds. The van der Waals surface area contributed by atoms with Gasteiger partial charge in [-0.3, -0.25) is 18.7 Å². The van der Waals surface area contributed by atoms with Crippen LogP contribution in [0.15, 0.2) is 64.4 Å². The molecule has 218 valence electrons. The third-order valence-corrected chi connectivity index (χ3v) is 6.02. The molecule has 4 aromatic rings. The van der Waals surface area contributed by atoms with Gasteiger partial charge in [0.25, 0.3) is 11.1 Å². The van der Waals surface area contributed by atoms with Crippen molar-refractivity contribution in [1.82, 2.24) is 19.3 Å². The molecular formula is C24H15ClF4N5O7P. The average molecular weight is 628 g/mol. The van der Waals surface area contributed by atoms with Gasteiger partial charge in [0, 0.05) is 5.02 Å². The maximum Gasteiger partial charge on any atom is 0.471 e. The topological polar surface area (TPSA) is 170 Å². The molecule has 0 aliphatic heterocycles. The van der Waals surface area contributed by atoms with Gasteiger partial charge in [-0.05, 0) is 42.0 Å². The number of benzene rings is 2. The lowest BCUT2D eigenvalue weighted by Gasteiger charge is -2.16. The molecule has 18 heteroatoms. The Morgan fingerprint density at radius 2 is 1.76 bits per heavy atom. The van der Waals surface area contributed by atoms with Gasteiger partial charge in [0.2, 0.25) is 5.75 Å². The van der Waals surface area contributed by atoms with E-state index in [1.165, 1.54) is 18.2 Å². The second-order valence-corrected chi connectivity index (χ2v) is 10.0. The Morgan fingerprint density at radius 3 is 2.38 bits per heavy atom. The van der Waals surface area contributed by atoms with Crippen LogP contribution in [0.4, 0.5) is 17.6 Å². The number of alkyl halides is 3. The molecule has 4 rings (SSSR count). The van der Waals surface area contributed by atoms with Crippen molar-refractivity contribution in [2.75, 3.05) is 0 Å². The molecule has 0 saturated heterocycles. The highest BCUT2D eigenvalue weighted by molar-refractivity contribution is 7.46. The second-order valence-electron chi connectivity index (χ2n) is 8.35. The van der Waals surface area contributed by atoms with Crippen molar-refractivity contribution in [1.29, 1.82) is 5.26 Å². The molecule has 2 aromatic carbocycles. The predicted octanol–water partition coefficient (Wildman–Crippen LogP) is 4.06. The van der Waals surface area contributed by atoms with Gasteiger partial charge in [-0.2, -0.15) is 23.5 Å². The molecule has 0 fully saturated rings. The van der Waals surface area contributed by atoms with E-state index in [4.69, 9.17) is 31.4 Å². The Bertz CT molecular complexity index is 1870. The molecule has 0 saturated carbocycles. The molecule has 0 unspecified atom stereocenters. The van der Waals surface area contributed by atoms with Crippen LogP contribution in [0, 0.1) is 17.1 Å². The van der Waals surface area contributed by atoms with Crippen LogP contribution in [0.5, 0.6) is 11.5 Å². The second kappa shape index (κ2) is 11.8. The Labute approximate surface area is 236 Å². The van der Waals surface area contributed by atoms with E-state index in [9.17, 15) is 31.7 Å². The summed E-state index contributed by atoms with van der Waals surface area (Å²) in [6, 6.07) is 10.8. The number of nitrogens with zero attached hydrogens (tertiary/aromatic N) is 5. The van der Waals surface area contributed by atoms with Crippen molar-refractivity contribution < 1.29 is 41.2 Å². The van der Waals surface area contributed by atoms with Crippen LogP contribution in [0.2, 0.25) is 5.02 Å². The van der Waals surface area contributed by atoms with E-state index in [2.05, 4.69) is 14.6 Å². The lowest BCUT2D eigenvalue weighted by atomic mass is 10.1. The van der Waals surface area contributed by atoms with Gasteiger partial charge in [0.15, 0.2) is 12.4 Å². The van der Waals surface area contributed by atoms with Crippen LogP contribution in [0.1, 0.15) is 17.0 Å². The van der Waals surface area contributed by atoms with Gasteiger partial charge in [0.1, 0.15) is 11.6 Å². The summed E-state index contributed by atoms with van der Waals surface area (Å²) in [6.07, 6.45) is -4.58. The van der Waals surface area contributed by atoms with Crippen LogP contribution in [0.3, 0.4) is 0 Å². The smallest absolute Gasteiger partial charge is 0.449 e. The summed E-state index contributed by atoms with van der Waals surface area (Å²) in [5.74, 6) is -2.25. The minimum Gasteiger partial charge on any atom is -0.449 e. The van der Waals surface area contributed by atoms with Crippen LogP contribution < -0.4 is 15.9 Å². The quantitative estimate of drug-likeness (QED) is 0.215. The third kappa shape index (κ3) is 7.27. The molecule has 0 spiro atoms. The molecular weight excluding hydrogens is 613 g/mol. The SMILES string of the molecule is N#Cc1cc(Cl)cc(Oc2c(C(F)(F)F)ncn(Cc3cc(-c4ccc(F)cc4)c(=O)n(COP(=O)(O)O)n3)c2=O)c1. The van der Waals surface area contributed by atoms with E-state index in [1.54, 1.807) is 6.07 Å². The molecule has 0 aliphatic carbocycles. The summed E-state index contributed by atoms with van der Waals surface area (Å²) in [7, 11) is -5.07. The van der Waals surface area contributed by atoms with Crippen molar-refractivity contribution in [2.24, 2.45) is 0 Å². The van der Waals surface area contributed by atoms with Gasteiger partial charge in [0.05, 0.1) is 35.8 Å². The summed E-state index contributed by atoms with van der Waals surface area (Å²) in [4.78, 5) is 47.6. The van der Waals surface area contributed by atoms with Crippen LogP contribution in [0.25, 0.3) is 11.1 Å². The number of hydrogen-bond donors (Lipinski definition) is 2. The van der Waals surface area contributed by atoms with Gasteiger partial charge in [-0.15, -0.1) is 0 Å². The largest absolute Gasteiger partial charge is 0.471 e. The van der Waals surface area contributed by atoms with Crippen molar-refractivity contribution >= 4 is 19.4 Å². The van der Waals surface area contributed by atoms with E-state index in [1.807, 2.05) is 0 Å². The van der Waals surface area contributed by atoms with E-state index >= 15 is 0 Å². The highest BCUT2D eigenvalue weighted by Gasteiger charge is 2.39. The molecule has 12 nitrogen and oxygen atoms in total. The summed E-state index contributed by atoms with van der Waals surface area (Å²) in [6.45, 7) is -1.67. The van der Waals surface area contributed by atoms with Crippen LogP contribution in [-0.4, -0.2) is 29.1 Å². The molecule has 2 heterocycles. The molecule has 0 radical (unpaired) electrons. The number of phosphoric ester groups is 1. The molecule has 0 bridgehead atoms. The first-order valence-electron chi connectivity index (χ1n) is 11.3. The van der Waals surface area contributed by atoms with E-state index in [-0.39, 0.29) is 33.2 Å². The first kappa shape index (κ1) is 30.6. The molecule has 0 atom stereocenters. The lowest BCUT2D eigenvalue weighted by molar-refractivity contribution is -0.142. The van der Waals surface area contributed by atoms with Crippen molar-refractivity contribution in [3.8, 4) is 28.7 Å². The zero-order chi connectivity index (χ0) is 30.8. The predicted molar refractivity (Wildman–Crippen MR) is 136 cm³/mol. The Morgan fingerprint density at radius 1 is 1.07 bits per heavy atom. The average Bonchev–Trinajstić information content (AvgIpc) is 2.90. The number of phosphoric acid groups is 1. The molecule has 0 aliphatic rings. The summed E-state index contributed by atoms with van der Waals surface area (Å²) >= 11 is 5.89. The number of nitriles is 1. The number of halogens is 5. The summed E-state index contributed by atoms with van der Waals surface area (Å²) < 4.78 is 76.6. The molecule has 2 N–H and O–H groups in total. The van der Waals surface area contributed by atoms with Crippen molar-refractivity contribution in [2.45, 2.75) is 19.5 Å². The highest BCUT2D eigenvalue weighted by atomic mass is 35.5. The van der Waals surface area contributed by atoms with Crippen LogP contribution >= 0.6 is 19.4 Å². The summed E-state index contributed by atoms with van der Waals surface area (Å²) in [5.41, 5.74) is -4.20. The van der Waals surface area contributed by atoms with E-state index in [0.29, 0.717) is 15.6 Å².